The first-order chi connectivity index (χ1) is 7.66. The van der Waals surface area contributed by atoms with E-state index in [1.807, 2.05) is 19.1 Å². The first-order valence-electron chi connectivity index (χ1n) is 5.12. The van der Waals surface area contributed by atoms with Crippen LogP contribution in [-0.2, 0) is 0 Å². The Morgan fingerprint density at radius 2 is 2.00 bits per heavy atom. The molecule has 0 atom stereocenters. The minimum absolute atomic E-state index is 0.772. The number of nitrogen functional groups attached to an aromatic ring is 1. The Morgan fingerprint density at radius 1 is 1.19 bits per heavy atom. The van der Waals surface area contributed by atoms with Crippen LogP contribution < -0.4 is 5.73 Å². The first kappa shape index (κ1) is 11.0. The molecule has 82 valence electrons. The molecule has 2 rings (SSSR count). The van der Waals surface area contributed by atoms with Crippen molar-refractivity contribution in [2.45, 2.75) is 23.8 Å². The number of aromatic nitrogens is 1. The predicted octanol–water partition coefficient (Wildman–Crippen LogP) is 3.43. The number of hydrogen-bond donors (Lipinski definition) is 1. The maximum Gasteiger partial charge on any atom is 0.124 e. The molecule has 2 aromatic rings. The monoisotopic (exact) mass is 230 g/mol. The lowest BCUT2D eigenvalue weighted by Crippen LogP contribution is -1.94. The van der Waals surface area contributed by atoms with Gasteiger partial charge in [0.1, 0.15) is 5.03 Å². The van der Waals surface area contributed by atoms with Crippen molar-refractivity contribution < 1.29 is 0 Å². The fourth-order valence-corrected chi connectivity index (χ4v) is 2.42. The lowest BCUT2D eigenvalue weighted by molar-refractivity contribution is 1.12. The van der Waals surface area contributed by atoms with Crippen molar-refractivity contribution in [2.75, 3.05) is 5.73 Å². The fraction of sp³-hybridized carbons (Fsp3) is 0.154. The molecule has 3 heteroatoms. The molecule has 0 amide bonds. The summed E-state index contributed by atoms with van der Waals surface area (Å²) in [5.41, 5.74) is 9.08. The standard InChI is InChI=1S/C13H14N2S/c1-9-4-3-5-11(8-9)16-13-12(14)10(2)6-7-15-13/h3-8H,14H2,1-2H3. The van der Waals surface area contributed by atoms with Gasteiger partial charge in [0.25, 0.3) is 0 Å². The quantitative estimate of drug-likeness (QED) is 0.859. The van der Waals surface area contributed by atoms with Gasteiger partial charge in [0.05, 0.1) is 5.69 Å². The molecule has 0 aliphatic heterocycles. The van der Waals surface area contributed by atoms with Crippen molar-refractivity contribution in [1.82, 2.24) is 4.98 Å². The Hall–Kier alpha value is -1.48. The second kappa shape index (κ2) is 4.58. The van der Waals surface area contributed by atoms with Crippen molar-refractivity contribution in [2.24, 2.45) is 0 Å². The van der Waals surface area contributed by atoms with E-state index < -0.39 is 0 Å². The van der Waals surface area contributed by atoms with Gasteiger partial charge in [-0.3, -0.25) is 0 Å². The summed E-state index contributed by atoms with van der Waals surface area (Å²) in [6, 6.07) is 10.3. The summed E-state index contributed by atoms with van der Waals surface area (Å²) in [5.74, 6) is 0. The van der Waals surface area contributed by atoms with E-state index in [0.29, 0.717) is 0 Å². The number of aryl methyl sites for hydroxylation is 2. The van der Waals surface area contributed by atoms with Crippen LogP contribution in [0.1, 0.15) is 11.1 Å². The Kier molecular flexibility index (Phi) is 3.15. The van der Waals surface area contributed by atoms with Crippen molar-refractivity contribution in [1.29, 1.82) is 0 Å². The molecule has 2 nitrogen and oxygen atoms in total. The van der Waals surface area contributed by atoms with E-state index in [9.17, 15) is 0 Å². The molecule has 0 spiro atoms. The Bertz CT molecular complexity index is 509. The largest absolute Gasteiger partial charge is 0.396 e. The van der Waals surface area contributed by atoms with Crippen LogP contribution in [0.3, 0.4) is 0 Å². The van der Waals surface area contributed by atoms with Crippen LogP contribution in [-0.4, -0.2) is 4.98 Å². The molecule has 0 aliphatic carbocycles. The molecule has 1 aromatic carbocycles. The topological polar surface area (TPSA) is 38.9 Å². The van der Waals surface area contributed by atoms with Gasteiger partial charge in [-0.25, -0.2) is 4.98 Å². The molecule has 2 N–H and O–H groups in total. The van der Waals surface area contributed by atoms with Crippen LogP contribution in [0.4, 0.5) is 5.69 Å². The van der Waals surface area contributed by atoms with E-state index in [-0.39, 0.29) is 0 Å². The van der Waals surface area contributed by atoms with Crippen molar-refractivity contribution in [3.8, 4) is 0 Å². The summed E-state index contributed by atoms with van der Waals surface area (Å²) >= 11 is 1.61. The average Bonchev–Trinajstić information content (AvgIpc) is 2.25. The number of pyridine rings is 1. The molecule has 1 heterocycles. The lowest BCUT2D eigenvalue weighted by Gasteiger charge is -2.06. The second-order valence-electron chi connectivity index (χ2n) is 3.77. The Morgan fingerprint density at radius 3 is 2.75 bits per heavy atom. The van der Waals surface area contributed by atoms with Crippen LogP contribution in [0.5, 0.6) is 0 Å². The third-order valence-corrected chi connectivity index (χ3v) is 3.38. The van der Waals surface area contributed by atoms with Crippen molar-refractivity contribution >= 4 is 17.4 Å². The molecule has 1 aromatic heterocycles. The molecule has 0 radical (unpaired) electrons. The van der Waals surface area contributed by atoms with Gasteiger partial charge >= 0.3 is 0 Å². The number of nitrogens with zero attached hydrogens (tertiary/aromatic N) is 1. The maximum absolute atomic E-state index is 5.99. The summed E-state index contributed by atoms with van der Waals surface area (Å²) in [7, 11) is 0. The van der Waals surface area contributed by atoms with E-state index in [0.717, 1.165) is 16.3 Å². The van der Waals surface area contributed by atoms with Crippen LogP contribution in [0, 0.1) is 13.8 Å². The van der Waals surface area contributed by atoms with Gasteiger partial charge in [-0.15, -0.1) is 0 Å². The normalized spacial score (nSPS) is 10.4. The summed E-state index contributed by atoms with van der Waals surface area (Å²) in [5, 5.41) is 0.880. The highest BCUT2D eigenvalue weighted by Crippen LogP contribution is 2.31. The summed E-state index contributed by atoms with van der Waals surface area (Å²) < 4.78 is 0. The highest BCUT2D eigenvalue weighted by Gasteiger charge is 2.05. The number of benzene rings is 1. The van der Waals surface area contributed by atoms with Gasteiger partial charge in [0.2, 0.25) is 0 Å². The second-order valence-corrected chi connectivity index (χ2v) is 4.83. The number of hydrogen-bond acceptors (Lipinski definition) is 3. The Balaban J connectivity index is 2.31. The number of nitrogens with two attached hydrogens (primary N) is 1. The SMILES string of the molecule is Cc1cccc(Sc2nccc(C)c2N)c1. The lowest BCUT2D eigenvalue weighted by atomic mass is 10.2. The maximum atomic E-state index is 5.99. The van der Waals surface area contributed by atoms with Crippen LogP contribution in [0.2, 0.25) is 0 Å². The third kappa shape index (κ3) is 2.36. The fourth-order valence-electron chi connectivity index (χ4n) is 1.42. The highest BCUT2D eigenvalue weighted by molar-refractivity contribution is 7.99. The molecular weight excluding hydrogens is 216 g/mol. The third-order valence-electron chi connectivity index (χ3n) is 2.38. The van der Waals surface area contributed by atoms with Crippen molar-refractivity contribution in [3.05, 3.63) is 47.7 Å². The zero-order valence-corrected chi connectivity index (χ0v) is 10.2. The van der Waals surface area contributed by atoms with E-state index in [4.69, 9.17) is 5.73 Å². The van der Waals surface area contributed by atoms with E-state index in [1.54, 1.807) is 18.0 Å². The molecular formula is C13H14N2S. The zero-order chi connectivity index (χ0) is 11.5. The van der Waals surface area contributed by atoms with Gasteiger partial charge in [0.15, 0.2) is 0 Å². The van der Waals surface area contributed by atoms with E-state index in [2.05, 4.69) is 30.1 Å². The molecule has 0 saturated carbocycles. The smallest absolute Gasteiger partial charge is 0.124 e. The molecule has 16 heavy (non-hydrogen) atoms. The highest BCUT2D eigenvalue weighted by atomic mass is 32.2. The summed E-state index contributed by atoms with van der Waals surface area (Å²) in [6.07, 6.45) is 1.80. The van der Waals surface area contributed by atoms with Crippen molar-refractivity contribution in [3.63, 3.8) is 0 Å². The van der Waals surface area contributed by atoms with E-state index in [1.165, 1.54) is 10.5 Å². The van der Waals surface area contributed by atoms with Gasteiger partial charge in [-0.05, 0) is 37.6 Å². The van der Waals surface area contributed by atoms with Crippen LogP contribution >= 0.6 is 11.8 Å². The van der Waals surface area contributed by atoms with Gasteiger partial charge in [-0.1, -0.05) is 29.5 Å². The van der Waals surface area contributed by atoms with Gasteiger partial charge in [0, 0.05) is 11.1 Å². The predicted molar refractivity (Wildman–Crippen MR) is 68.7 cm³/mol. The molecule has 0 bridgehead atoms. The number of rotatable bonds is 2. The first-order valence-corrected chi connectivity index (χ1v) is 5.94. The average molecular weight is 230 g/mol. The van der Waals surface area contributed by atoms with Gasteiger partial charge in [-0.2, -0.15) is 0 Å². The van der Waals surface area contributed by atoms with Gasteiger partial charge < -0.3 is 5.73 Å². The summed E-state index contributed by atoms with van der Waals surface area (Å²) in [4.78, 5) is 5.47. The molecule has 0 unspecified atom stereocenters. The zero-order valence-electron chi connectivity index (χ0n) is 9.40. The molecule has 0 aliphatic rings. The van der Waals surface area contributed by atoms with Crippen LogP contribution in [0.25, 0.3) is 0 Å². The minimum Gasteiger partial charge on any atom is -0.396 e. The van der Waals surface area contributed by atoms with E-state index >= 15 is 0 Å². The minimum atomic E-state index is 0.772. The molecule has 0 fully saturated rings. The number of anilines is 1. The van der Waals surface area contributed by atoms with Crippen LogP contribution in [0.15, 0.2) is 46.5 Å². The molecule has 0 saturated heterocycles. The Labute approximate surface area is 99.9 Å². The summed E-state index contributed by atoms with van der Waals surface area (Å²) in [6.45, 7) is 4.08.